The minimum absolute atomic E-state index is 0.0569. The molecule has 1 saturated carbocycles. The summed E-state index contributed by atoms with van der Waals surface area (Å²) in [6.45, 7) is 2.45. The molecule has 0 aromatic carbocycles. The van der Waals surface area contributed by atoms with E-state index in [2.05, 4.69) is 0 Å². The predicted molar refractivity (Wildman–Crippen MR) is 73.3 cm³/mol. The second-order valence-electron chi connectivity index (χ2n) is 5.88. The molecule has 1 aliphatic heterocycles. The molecule has 0 radical (unpaired) electrons. The van der Waals surface area contributed by atoms with E-state index in [1.807, 2.05) is 7.05 Å². The Morgan fingerprint density at radius 1 is 1.26 bits per heavy atom. The van der Waals surface area contributed by atoms with Gasteiger partial charge in [0.2, 0.25) is 11.8 Å². The van der Waals surface area contributed by atoms with Gasteiger partial charge in [-0.05, 0) is 44.6 Å². The number of carbonyl (C=O) groups is 2. The molecule has 2 fully saturated rings. The lowest BCUT2D eigenvalue weighted by molar-refractivity contribution is -0.141. The van der Waals surface area contributed by atoms with E-state index in [-0.39, 0.29) is 24.3 Å². The van der Waals surface area contributed by atoms with Crippen LogP contribution in [0.25, 0.3) is 0 Å². The van der Waals surface area contributed by atoms with Crippen molar-refractivity contribution in [1.82, 2.24) is 9.80 Å². The normalized spacial score (nSPS) is 29.3. The van der Waals surface area contributed by atoms with Gasteiger partial charge in [-0.1, -0.05) is 0 Å². The van der Waals surface area contributed by atoms with Crippen molar-refractivity contribution in [2.75, 3.05) is 33.2 Å². The van der Waals surface area contributed by atoms with Crippen molar-refractivity contribution in [3.8, 4) is 0 Å². The van der Waals surface area contributed by atoms with Crippen molar-refractivity contribution in [2.24, 2.45) is 17.6 Å². The third-order valence-electron chi connectivity index (χ3n) is 4.51. The number of nitrogens with two attached hydrogens (primary N) is 1. The first-order chi connectivity index (χ1) is 9.11. The fraction of sp³-hybridized carbons (Fsp3) is 0.857. The first-order valence-corrected chi connectivity index (χ1v) is 7.34. The maximum absolute atomic E-state index is 12.5. The third-order valence-corrected chi connectivity index (χ3v) is 4.51. The van der Waals surface area contributed by atoms with E-state index in [0.29, 0.717) is 12.5 Å². The van der Waals surface area contributed by atoms with E-state index in [4.69, 9.17) is 5.73 Å². The molecule has 0 atom stereocenters. The zero-order chi connectivity index (χ0) is 13.8. The molecule has 0 spiro atoms. The van der Waals surface area contributed by atoms with Crippen LogP contribution >= 0.6 is 0 Å². The van der Waals surface area contributed by atoms with Gasteiger partial charge in [-0.3, -0.25) is 9.59 Å². The highest BCUT2D eigenvalue weighted by Crippen LogP contribution is 2.29. The average molecular weight is 267 g/mol. The SMILES string of the molecule is CN1CCCN(C(=O)C2CCC(CN)CC2)CC1=O. The Labute approximate surface area is 115 Å². The fourth-order valence-corrected chi connectivity index (χ4v) is 3.08. The van der Waals surface area contributed by atoms with Crippen molar-refractivity contribution >= 4 is 11.8 Å². The van der Waals surface area contributed by atoms with Gasteiger partial charge in [0.05, 0.1) is 6.54 Å². The lowest BCUT2D eigenvalue weighted by Crippen LogP contribution is -2.42. The van der Waals surface area contributed by atoms with Crippen molar-refractivity contribution in [3.63, 3.8) is 0 Å². The van der Waals surface area contributed by atoms with E-state index in [9.17, 15) is 9.59 Å². The number of amides is 2. The van der Waals surface area contributed by atoms with E-state index in [0.717, 1.165) is 45.2 Å². The quantitative estimate of drug-likeness (QED) is 0.789. The van der Waals surface area contributed by atoms with E-state index < -0.39 is 0 Å². The smallest absolute Gasteiger partial charge is 0.241 e. The van der Waals surface area contributed by atoms with Crippen LogP contribution in [0, 0.1) is 11.8 Å². The fourth-order valence-electron chi connectivity index (χ4n) is 3.08. The molecular formula is C14H25N3O2. The molecule has 5 nitrogen and oxygen atoms in total. The van der Waals surface area contributed by atoms with Gasteiger partial charge in [-0.15, -0.1) is 0 Å². The molecule has 108 valence electrons. The van der Waals surface area contributed by atoms with Crippen LogP contribution in [0.4, 0.5) is 0 Å². The van der Waals surface area contributed by atoms with E-state index in [1.54, 1.807) is 9.80 Å². The number of carbonyl (C=O) groups excluding carboxylic acids is 2. The summed E-state index contributed by atoms with van der Waals surface area (Å²) >= 11 is 0. The van der Waals surface area contributed by atoms with E-state index >= 15 is 0 Å². The highest BCUT2D eigenvalue weighted by Gasteiger charge is 2.31. The summed E-state index contributed by atoms with van der Waals surface area (Å²) in [4.78, 5) is 27.8. The van der Waals surface area contributed by atoms with Crippen LogP contribution in [-0.2, 0) is 9.59 Å². The molecule has 0 aromatic rings. The number of hydrogen-bond donors (Lipinski definition) is 1. The highest BCUT2D eigenvalue weighted by molar-refractivity contribution is 5.86. The molecule has 2 aliphatic rings. The van der Waals surface area contributed by atoms with Crippen LogP contribution in [0.1, 0.15) is 32.1 Å². The number of likely N-dealkylation sites (N-methyl/N-ethyl adjacent to an activating group) is 1. The Morgan fingerprint density at radius 2 is 1.95 bits per heavy atom. The van der Waals surface area contributed by atoms with Crippen LogP contribution in [0.2, 0.25) is 0 Å². The standard InChI is InChI=1S/C14H25N3O2/c1-16-7-2-8-17(10-13(16)18)14(19)12-5-3-11(9-15)4-6-12/h11-12H,2-10,15H2,1H3. The summed E-state index contributed by atoms with van der Waals surface area (Å²) in [5.74, 6) is 0.931. The molecule has 0 unspecified atom stereocenters. The number of nitrogens with zero attached hydrogens (tertiary/aromatic N) is 2. The Hall–Kier alpha value is -1.10. The molecule has 19 heavy (non-hydrogen) atoms. The summed E-state index contributed by atoms with van der Waals surface area (Å²) < 4.78 is 0. The Kier molecular flexibility index (Phi) is 4.80. The van der Waals surface area contributed by atoms with Gasteiger partial charge in [-0.2, -0.15) is 0 Å². The minimum atomic E-state index is 0.0569. The van der Waals surface area contributed by atoms with Gasteiger partial charge in [0, 0.05) is 26.1 Å². The maximum Gasteiger partial charge on any atom is 0.241 e. The highest BCUT2D eigenvalue weighted by atomic mass is 16.2. The van der Waals surface area contributed by atoms with Gasteiger partial charge in [0.1, 0.15) is 0 Å². The molecule has 2 N–H and O–H groups in total. The van der Waals surface area contributed by atoms with Gasteiger partial charge in [-0.25, -0.2) is 0 Å². The van der Waals surface area contributed by atoms with Gasteiger partial charge in [0.15, 0.2) is 0 Å². The summed E-state index contributed by atoms with van der Waals surface area (Å²) in [7, 11) is 1.81. The van der Waals surface area contributed by atoms with Crippen LogP contribution in [-0.4, -0.2) is 54.8 Å². The molecule has 0 bridgehead atoms. The van der Waals surface area contributed by atoms with Crippen molar-refractivity contribution < 1.29 is 9.59 Å². The lowest BCUT2D eigenvalue weighted by atomic mass is 9.81. The van der Waals surface area contributed by atoms with Crippen LogP contribution in [0.5, 0.6) is 0 Å². The van der Waals surface area contributed by atoms with Crippen LogP contribution < -0.4 is 5.73 Å². The maximum atomic E-state index is 12.5. The zero-order valence-corrected chi connectivity index (χ0v) is 11.8. The summed E-state index contributed by atoms with van der Waals surface area (Å²) in [5.41, 5.74) is 5.68. The summed E-state index contributed by atoms with van der Waals surface area (Å²) in [6, 6.07) is 0. The van der Waals surface area contributed by atoms with E-state index in [1.165, 1.54) is 0 Å². The summed E-state index contributed by atoms with van der Waals surface area (Å²) in [5, 5.41) is 0. The Morgan fingerprint density at radius 3 is 2.58 bits per heavy atom. The monoisotopic (exact) mass is 267 g/mol. The van der Waals surface area contributed by atoms with Crippen LogP contribution in [0.15, 0.2) is 0 Å². The minimum Gasteiger partial charge on any atom is -0.344 e. The molecule has 1 heterocycles. The van der Waals surface area contributed by atoms with Crippen LogP contribution in [0.3, 0.4) is 0 Å². The predicted octanol–water partition coefficient (Wildman–Crippen LogP) is 0.442. The second-order valence-corrected chi connectivity index (χ2v) is 5.88. The molecule has 2 amide bonds. The average Bonchev–Trinajstić information content (AvgIpc) is 2.60. The largest absolute Gasteiger partial charge is 0.344 e. The number of rotatable bonds is 2. The molecule has 1 saturated heterocycles. The first kappa shape index (κ1) is 14.3. The van der Waals surface area contributed by atoms with Gasteiger partial charge < -0.3 is 15.5 Å². The van der Waals surface area contributed by atoms with Gasteiger partial charge >= 0.3 is 0 Å². The molecule has 0 aromatic heterocycles. The molecular weight excluding hydrogens is 242 g/mol. The van der Waals surface area contributed by atoms with Gasteiger partial charge in [0.25, 0.3) is 0 Å². The lowest BCUT2D eigenvalue weighted by Gasteiger charge is -2.30. The van der Waals surface area contributed by atoms with Crippen molar-refractivity contribution in [2.45, 2.75) is 32.1 Å². The van der Waals surface area contributed by atoms with Crippen molar-refractivity contribution in [1.29, 1.82) is 0 Å². The second kappa shape index (κ2) is 6.37. The summed E-state index contributed by atoms with van der Waals surface area (Å²) in [6.07, 6.45) is 4.85. The molecule has 2 rings (SSSR count). The topological polar surface area (TPSA) is 66.6 Å². The third kappa shape index (κ3) is 3.47. The molecule has 5 heteroatoms. The Bertz CT molecular complexity index is 338. The molecule has 1 aliphatic carbocycles. The Balaban J connectivity index is 1.90. The zero-order valence-electron chi connectivity index (χ0n) is 11.8. The first-order valence-electron chi connectivity index (χ1n) is 7.34. The number of hydrogen-bond acceptors (Lipinski definition) is 3. The van der Waals surface area contributed by atoms with Crippen molar-refractivity contribution in [3.05, 3.63) is 0 Å².